The van der Waals surface area contributed by atoms with Crippen LogP contribution in [0.3, 0.4) is 0 Å². The Kier molecular flexibility index (Phi) is 4.85. The summed E-state index contributed by atoms with van der Waals surface area (Å²) in [6, 6.07) is 8.42. The Bertz CT molecular complexity index is 832. The Morgan fingerprint density at radius 1 is 1.29 bits per heavy atom. The third-order valence-electron chi connectivity index (χ3n) is 3.83. The molecule has 2 aromatic heterocycles. The Balaban J connectivity index is 1.62. The minimum atomic E-state index is -3.61. The summed E-state index contributed by atoms with van der Waals surface area (Å²) in [6.45, 7) is 1.15. The topological polar surface area (TPSA) is 96.2 Å². The first-order valence-corrected chi connectivity index (χ1v) is 8.90. The number of rotatable bonds is 5. The second-order valence-electron chi connectivity index (χ2n) is 5.43. The molecule has 0 unspecified atom stereocenters. The molecule has 8 heteroatoms. The summed E-state index contributed by atoms with van der Waals surface area (Å²) in [4.78, 5) is 7.87. The number of nitrogens with zero attached hydrogens (tertiary/aromatic N) is 4. The van der Waals surface area contributed by atoms with Crippen LogP contribution >= 0.6 is 0 Å². The molecule has 0 aromatic carbocycles. The van der Waals surface area contributed by atoms with Crippen molar-refractivity contribution in [1.29, 1.82) is 5.26 Å². The smallest absolute Gasteiger partial charge is 0.244 e. The van der Waals surface area contributed by atoms with Crippen LogP contribution in [0.4, 0.5) is 0 Å². The lowest BCUT2D eigenvalue weighted by Gasteiger charge is -2.16. The van der Waals surface area contributed by atoms with Crippen LogP contribution in [0.2, 0.25) is 0 Å². The summed E-state index contributed by atoms with van der Waals surface area (Å²) >= 11 is 0. The van der Waals surface area contributed by atoms with E-state index in [4.69, 9.17) is 10.00 Å². The molecule has 0 saturated carbocycles. The number of pyridine rings is 2. The summed E-state index contributed by atoms with van der Waals surface area (Å²) in [6.07, 6.45) is 5.12. The molecule has 124 valence electrons. The average Bonchev–Trinajstić information content (AvgIpc) is 3.11. The van der Waals surface area contributed by atoms with Crippen LogP contribution in [0, 0.1) is 11.3 Å². The lowest BCUT2D eigenvalue weighted by Crippen LogP contribution is -2.30. The maximum Gasteiger partial charge on any atom is 0.244 e. The molecule has 7 nitrogen and oxygen atoms in total. The van der Waals surface area contributed by atoms with E-state index in [0.717, 1.165) is 5.56 Å². The van der Waals surface area contributed by atoms with E-state index in [1.54, 1.807) is 12.4 Å². The zero-order valence-corrected chi connectivity index (χ0v) is 13.7. The van der Waals surface area contributed by atoms with Gasteiger partial charge in [0, 0.05) is 31.7 Å². The van der Waals surface area contributed by atoms with Crippen molar-refractivity contribution < 1.29 is 13.2 Å². The maximum atomic E-state index is 12.6. The summed E-state index contributed by atoms with van der Waals surface area (Å²) in [5.74, 6) is 0. The van der Waals surface area contributed by atoms with Crippen molar-refractivity contribution in [3.8, 4) is 6.07 Å². The molecule has 0 N–H and O–H groups in total. The highest BCUT2D eigenvalue weighted by Crippen LogP contribution is 2.22. The molecule has 1 atom stereocenters. The molecular formula is C16H16N4O3S. The van der Waals surface area contributed by atoms with Crippen LogP contribution in [0.15, 0.2) is 47.8 Å². The Hall–Kier alpha value is -2.34. The van der Waals surface area contributed by atoms with E-state index in [9.17, 15) is 8.42 Å². The maximum absolute atomic E-state index is 12.6. The van der Waals surface area contributed by atoms with E-state index < -0.39 is 10.0 Å². The summed E-state index contributed by atoms with van der Waals surface area (Å²) in [5.41, 5.74) is 1.19. The second-order valence-corrected chi connectivity index (χ2v) is 7.37. The summed E-state index contributed by atoms with van der Waals surface area (Å²) in [7, 11) is -3.61. The number of sulfonamides is 1. The van der Waals surface area contributed by atoms with Crippen molar-refractivity contribution in [3.63, 3.8) is 0 Å². The molecule has 3 heterocycles. The van der Waals surface area contributed by atoms with Crippen molar-refractivity contribution in [2.24, 2.45) is 0 Å². The van der Waals surface area contributed by atoms with Gasteiger partial charge in [-0.05, 0) is 36.2 Å². The lowest BCUT2D eigenvalue weighted by atomic mass is 10.3. The SMILES string of the molecule is N#Cc1ccc(S(=O)(=O)N2CC[C@H](OCc3ccncc3)C2)cn1. The third kappa shape index (κ3) is 3.59. The van der Waals surface area contributed by atoms with E-state index in [-0.39, 0.29) is 16.7 Å². The molecule has 1 saturated heterocycles. The summed E-state index contributed by atoms with van der Waals surface area (Å²) in [5, 5.41) is 8.74. The van der Waals surface area contributed by atoms with Crippen molar-refractivity contribution in [1.82, 2.24) is 14.3 Å². The molecule has 0 spiro atoms. The monoisotopic (exact) mass is 344 g/mol. The fourth-order valence-corrected chi connectivity index (χ4v) is 3.93. The van der Waals surface area contributed by atoms with Gasteiger partial charge in [0.05, 0.1) is 12.7 Å². The number of hydrogen-bond acceptors (Lipinski definition) is 6. The molecular weight excluding hydrogens is 328 g/mol. The first-order chi connectivity index (χ1) is 11.6. The number of ether oxygens (including phenoxy) is 1. The summed E-state index contributed by atoms with van der Waals surface area (Å²) < 4.78 is 32.4. The van der Waals surface area contributed by atoms with E-state index in [1.807, 2.05) is 18.2 Å². The lowest BCUT2D eigenvalue weighted by molar-refractivity contribution is 0.0508. The van der Waals surface area contributed by atoms with Gasteiger partial charge in [0.1, 0.15) is 16.7 Å². The van der Waals surface area contributed by atoms with Crippen LogP contribution < -0.4 is 0 Å². The Morgan fingerprint density at radius 2 is 2.08 bits per heavy atom. The molecule has 2 aromatic rings. The van der Waals surface area contributed by atoms with E-state index >= 15 is 0 Å². The van der Waals surface area contributed by atoms with Crippen molar-refractivity contribution in [2.45, 2.75) is 24.0 Å². The largest absolute Gasteiger partial charge is 0.372 e. The van der Waals surface area contributed by atoms with Gasteiger partial charge in [0.25, 0.3) is 0 Å². The highest BCUT2D eigenvalue weighted by Gasteiger charge is 2.33. The standard InChI is InChI=1S/C16H16N4O3S/c17-9-14-1-2-16(10-19-14)24(21,22)20-8-5-15(11-20)23-12-13-3-6-18-7-4-13/h1-4,6-7,10,15H,5,8,11-12H2/t15-/m0/s1. The predicted octanol–water partition coefficient (Wildman–Crippen LogP) is 1.33. The second kappa shape index (κ2) is 7.05. The van der Waals surface area contributed by atoms with Gasteiger partial charge in [-0.15, -0.1) is 0 Å². The van der Waals surface area contributed by atoms with Crippen LogP contribution in [-0.4, -0.2) is 41.9 Å². The molecule has 1 aliphatic heterocycles. The van der Waals surface area contributed by atoms with Gasteiger partial charge in [-0.25, -0.2) is 13.4 Å². The minimum absolute atomic E-state index is 0.0938. The Morgan fingerprint density at radius 3 is 2.75 bits per heavy atom. The predicted molar refractivity (Wildman–Crippen MR) is 85.1 cm³/mol. The van der Waals surface area contributed by atoms with Gasteiger partial charge < -0.3 is 4.74 Å². The minimum Gasteiger partial charge on any atom is -0.372 e. The fraction of sp³-hybridized carbons (Fsp3) is 0.312. The molecule has 24 heavy (non-hydrogen) atoms. The normalized spacial score (nSPS) is 18.4. The number of aromatic nitrogens is 2. The fourth-order valence-electron chi connectivity index (χ4n) is 2.49. The molecule has 0 amide bonds. The molecule has 0 aliphatic carbocycles. The van der Waals surface area contributed by atoms with Crippen LogP contribution in [0.5, 0.6) is 0 Å². The van der Waals surface area contributed by atoms with Gasteiger partial charge >= 0.3 is 0 Å². The zero-order chi connectivity index (χ0) is 17.0. The van der Waals surface area contributed by atoms with Crippen LogP contribution in [-0.2, 0) is 21.4 Å². The third-order valence-corrected chi connectivity index (χ3v) is 5.68. The quantitative estimate of drug-likeness (QED) is 0.812. The van der Waals surface area contributed by atoms with Gasteiger partial charge in [0.2, 0.25) is 10.0 Å². The van der Waals surface area contributed by atoms with E-state index in [2.05, 4.69) is 9.97 Å². The van der Waals surface area contributed by atoms with E-state index in [0.29, 0.717) is 26.1 Å². The highest BCUT2D eigenvalue weighted by atomic mass is 32.2. The van der Waals surface area contributed by atoms with Crippen molar-refractivity contribution >= 4 is 10.0 Å². The zero-order valence-electron chi connectivity index (χ0n) is 12.9. The van der Waals surface area contributed by atoms with E-state index in [1.165, 1.54) is 22.6 Å². The van der Waals surface area contributed by atoms with Gasteiger partial charge in [-0.3, -0.25) is 4.98 Å². The number of nitriles is 1. The van der Waals surface area contributed by atoms with Crippen molar-refractivity contribution in [2.75, 3.05) is 13.1 Å². The molecule has 3 rings (SSSR count). The van der Waals surface area contributed by atoms with Gasteiger partial charge in [0.15, 0.2) is 0 Å². The molecule has 0 radical (unpaired) electrons. The average molecular weight is 344 g/mol. The van der Waals surface area contributed by atoms with Gasteiger partial charge in [-0.1, -0.05) is 0 Å². The first kappa shape index (κ1) is 16.5. The molecule has 0 bridgehead atoms. The molecule has 1 aliphatic rings. The van der Waals surface area contributed by atoms with Crippen molar-refractivity contribution in [3.05, 3.63) is 54.1 Å². The molecule has 1 fully saturated rings. The van der Waals surface area contributed by atoms with Gasteiger partial charge in [-0.2, -0.15) is 9.57 Å². The number of hydrogen-bond donors (Lipinski definition) is 0. The highest BCUT2D eigenvalue weighted by molar-refractivity contribution is 7.89. The van der Waals surface area contributed by atoms with Crippen LogP contribution in [0.1, 0.15) is 17.7 Å². The first-order valence-electron chi connectivity index (χ1n) is 7.46. The Labute approximate surface area is 140 Å². The van der Waals surface area contributed by atoms with Crippen LogP contribution in [0.25, 0.3) is 0 Å².